The number of ether oxygens (including phenoxy) is 1. The van der Waals surface area contributed by atoms with Crippen LogP contribution >= 0.6 is 0 Å². The van der Waals surface area contributed by atoms with E-state index in [4.69, 9.17) is 6.11 Å². The van der Waals surface area contributed by atoms with Crippen molar-refractivity contribution in [1.82, 2.24) is 4.90 Å². The van der Waals surface area contributed by atoms with E-state index in [1.54, 1.807) is 0 Å². The number of rotatable bonds is 4. The molecule has 0 radical (unpaired) electrons. The van der Waals surface area contributed by atoms with Gasteiger partial charge >= 0.3 is 12.1 Å². The minimum absolute atomic E-state index is 0.228. The number of hydrogen-bond acceptors (Lipinski definition) is 3. The fourth-order valence-electron chi connectivity index (χ4n) is 5.49. The van der Waals surface area contributed by atoms with E-state index in [2.05, 4.69) is 0 Å². The van der Waals surface area contributed by atoms with Gasteiger partial charge in [-0.15, -0.1) is 0 Å². The van der Waals surface area contributed by atoms with Crippen molar-refractivity contribution in [2.75, 3.05) is 0 Å². The lowest BCUT2D eigenvalue weighted by molar-refractivity contribution is -0.147. The Morgan fingerprint density at radius 3 is 2.00 bits per heavy atom. The van der Waals surface area contributed by atoms with E-state index in [0.29, 0.717) is 11.8 Å². The van der Waals surface area contributed by atoms with E-state index in [1.165, 1.54) is 38.5 Å². The van der Waals surface area contributed by atoms with Gasteiger partial charge in [-0.05, 0) is 24.2 Å². The summed E-state index contributed by atoms with van der Waals surface area (Å²) in [7, 11) is 0. The van der Waals surface area contributed by atoms with Crippen molar-refractivity contribution in [3.63, 3.8) is 0 Å². The highest BCUT2D eigenvalue weighted by Crippen LogP contribution is 2.44. The van der Waals surface area contributed by atoms with Crippen molar-refractivity contribution in [2.45, 2.75) is 104 Å². The predicted molar refractivity (Wildman–Crippen MR) is 104 cm³/mol. The monoisotopic (exact) mass is 380 g/mol. The molecule has 1 heterocycles. The van der Waals surface area contributed by atoms with Crippen LogP contribution in [0.15, 0.2) is 0 Å². The maximum atomic E-state index is 12.9. The fourth-order valence-corrected chi connectivity index (χ4v) is 5.49. The van der Waals surface area contributed by atoms with Gasteiger partial charge in [0.2, 0.25) is 0 Å². The summed E-state index contributed by atoms with van der Waals surface area (Å²) >= 11 is 0. The summed E-state index contributed by atoms with van der Waals surface area (Å²) < 4.78 is 14.5. The molecule has 5 heteroatoms. The Kier molecular flexibility index (Phi) is 5.93. The van der Waals surface area contributed by atoms with Crippen molar-refractivity contribution < 1.29 is 20.8 Å². The molecular weight excluding hydrogens is 342 g/mol. The van der Waals surface area contributed by atoms with Crippen LogP contribution in [0.4, 0.5) is 4.79 Å². The van der Waals surface area contributed by atoms with Gasteiger partial charge in [-0.2, -0.15) is 0 Å². The topological polar surface area (TPSA) is 66.8 Å². The number of carbonyl (C=O) groups is 2. The largest absolute Gasteiger partial charge is 0.465 e. The molecular formula is C22H37NO4. The molecule has 1 N–H and O–H groups in total. The van der Waals surface area contributed by atoms with E-state index in [0.717, 1.165) is 30.6 Å². The highest BCUT2D eigenvalue weighted by molar-refractivity contribution is 5.84. The molecule has 1 saturated heterocycles. The first-order chi connectivity index (χ1) is 13.1. The van der Waals surface area contributed by atoms with Crippen molar-refractivity contribution in [1.29, 1.82) is 0 Å². The zero-order chi connectivity index (χ0) is 20.5. The van der Waals surface area contributed by atoms with E-state index >= 15 is 0 Å². The molecule has 0 aromatic carbocycles. The molecule has 5 nitrogen and oxygen atoms in total. The van der Waals surface area contributed by atoms with E-state index in [1.807, 2.05) is 20.8 Å². The molecule has 154 valence electrons. The second-order valence-corrected chi connectivity index (χ2v) is 9.89. The molecule has 2 atom stereocenters. The standard InChI is InChI=1S/C22H37NO4/c1-22(2,3)20-23(21(25)26)18(19(24)27-20)14-17(15-10-6-4-7-11-15)16-12-8-5-9-13-16/h15-18,20H,4-14H2,1-3H3,(H,25,26)/t18-,20+/m0/s1/i18D. The molecule has 3 fully saturated rings. The third-order valence-electron chi connectivity index (χ3n) is 6.87. The molecule has 2 saturated carbocycles. The Bertz CT molecular complexity index is 560. The molecule has 0 bridgehead atoms. The summed E-state index contributed by atoms with van der Waals surface area (Å²) in [6, 6.07) is -1.83. The number of hydrogen-bond donors (Lipinski definition) is 1. The van der Waals surface area contributed by atoms with Crippen LogP contribution in [0, 0.1) is 23.2 Å². The summed E-state index contributed by atoms with van der Waals surface area (Å²) in [6.45, 7) is 5.56. The Morgan fingerprint density at radius 1 is 1.11 bits per heavy atom. The summed E-state index contributed by atoms with van der Waals surface area (Å²) in [5.41, 5.74) is -0.567. The molecule has 0 spiro atoms. The van der Waals surface area contributed by atoms with E-state index in [9.17, 15) is 14.7 Å². The summed E-state index contributed by atoms with van der Waals surface area (Å²) in [5, 5.41) is 9.91. The van der Waals surface area contributed by atoms with E-state index in [-0.39, 0.29) is 12.3 Å². The van der Waals surface area contributed by atoms with Gasteiger partial charge in [0.1, 0.15) is 6.02 Å². The van der Waals surface area contributed by atoms with Crippen LogP contribution in [0.5, 0.6) is 0 Å². The number of cyclic esters (lactones) is 1. The van der Waals surface area contributed by atoms with Gasteiger partial charge in [0.25, 0.3) is 0 Å². The van der Waals surface area contributed by atoms with Crippen molar-refractivity contribution in [2.24, 2.45) is 23.2 Å². The van der Waals surface area contributed by atoms with Crippen LogP contribution in [0.2, 0.25) is 0 Å². The molecule has 3 aliphatic rings. The maximum absolute atomic E-state index is 12.9. The molecule has 27 heavy (non-hydrogen) atoms. The van der Waals surface area contributed by atoms with Gasteiger partial charge in [0.05, 0.1) is 1.37 Å². The lowest BCUT2D eigenvalue weighted by atomic mass is 9.67. The fraction of sp³-hybridized carbons (Fsp3) is 0.909. The summed E-state index contributed by atoms with van der Waals surface area (Å²) in [6.07, 6.45) is 10.0. The van der Waals surface area contributed by atoms with Crippen LogP contribution in [0.1, 0.15) is 92.8 Å². The first-order valence-corrected chi connectivity index (χ1v) is 10.9. The Hall–Kier alpha value is -1.26. The first kappa shape index (κ1) is 19.1. The Labute approximate surface area is 165 Å². The lowest BCUT2D eigenvalue weighted by Gasteiger charge is -2.40. The van der Waals surface area contributed by atoms with Gasteiger partial charge < -0.3 is 9.84 Å². The normalized spacial score (nSPS) is 31.9. The number of esters is 1. The van der Waals surface area contributed by atoms with Crippen molar-refractivity contribution in [3.05, 3.63) is 0 Å². The predicted octanol–water partition coefficient (Wildman–Crippen LogP) is 5.43. The number of carbonyl (C=O) groups excluding carboxylic acids is 1. The van der Waals surface area contributed by atoms with Gasteiger partial charge in [0, 0.05) is 5.41 Å². The number of amides is 1. The van der Waals surface area contributed by atoms with Crippen LogP contribution < -0.4 is 0 Å². The minimum atomic E-state index is -1.83. The van der Waals surface area contributed by atoms with Crippen LogP contribution in [-0.2, 0) is 9.53 Å². The quantitative estimate of drug-likeness (QED) is 0.660. The molecule has 1 aliphatic heterocycles. The highest BCUT2D eigenvalue weighted by Gasteiger charge is 2.51. The second kappa shape index (κ2) is 8.40. The zero-order valence-electron chi connectivity index (χ0n) is 18.2. The lowest BCUT2D eigenvalue weighted by Crippen LogP contribution is -2.48. The third-order valence-corrected chi connectivity index (χ3v) is 6.87. The average Bonchev–Trinajstić information content (AvgIpc) is 2.93. The molecule has 0 aromatic heterocycles. The van der Waals surface area contributed by atoms with Gasteiger partial charge in [-0.3, -0.25) is 4.90 Å². The summed E-state index contributed by atoms with van der Waals surface area (Å²) in [4.78, 5) is 26.0. The average molecular weight is 381 g/mol. The smallest absolute Gasteiger partial charge is 0.410 e. The second-order valence-electron chi connectivity index (χ2n) is 9.89. The van der Waals surface area contributed by atoms with E-state index < -0.39 is 29.7 Å². The first-order valence-electron chi connectivity index (χ1n) is 11.4. The minimum Gasteiger partial charge on any atom is -0.465 e. The van der Waals surface area contributed by atoms with Gasteiger partial charge in [-0.25, -0.2) is 9.59 Å². The summed E-state index contributed by atoms with van der Waals surface area (Å²) in [5.74, 6) is 0.532. The number of nitrogens with zero attached hydrogens (tertiary/aromatic N) is 1. The highest BCUT2D eigenvalue weighted by atomic mass is 16.6. The Balaban J connectivity index is 1.90. The number of carboxylic acid groups (broad SMARTS) is 1. The van der Waals surface area contributed by atoms with Crippen molar-refractivity contribution >= 4 is 12.1 Å². The zero-order valence-corrected chi connectivity index (χ0v) is 17.2. The van der Waals surface area contributed by atoms with Crippen LogP contribution in [-0.4, -0.2) is 34.3 Å². The Morgan fingerprint density at radius 2 is 1.59 bits per heavy atom. The molecule has 2 aliphatic carbocycles. The molecule has 1 amide bonds. The third kappa shape index (κ3) is 4.60. The molecule has 0 unspecified atom stereocenters. The molecule has 3 rings (SSSR count). The molecule has 0 aromatic rings. The maximum Gasteiger partial charge on any atom is 0.410 e. The van der Waals surface area contributed by atoms with Gasteiger partial charge in [0.15, 0.2) is 6.23 Å². The van der Waals surface area contributed by atoms with Crippen LogP contribution in [0.3, 0.4) is 0 Å². The van der Waals surface area contributed by atoms with Crippen LogP contribution in [0.25, 0.3) is 0 Å². The van der Waals surface area contributed by atoms with Gasteiger partial charge in [-0.1, -0.05) is 85.0 Å². The SMILES string of the molecule is [2H][C@]1(CC(C2CCCCC2)C2CCCCC2)C(=O)O[C@H](C(C)(C)C)N1C(=O)O. The van der Waals surface area contributed by atoms with Crippen molar-refractivity contribution in [3.8, 4) is 0 Å².